The Morgan fingerprint density at radius 2 is 1.38 bits per heavy atom. The van der Waals surface area contributed by atoms with Crippen LogP contribution in [0.2, 0.25) is 0 Å². The third kappa shape index (κ3) is 5.63. The smallest absolute Gasteiger partial charge is 0.187 e. The molecule has 3 saturated heterocycles. The van der Waals surface area contributed by atoms with E-state index in [0.717, 1.165) is 32.1 Å². The molecule has 14 heteroatoms. The van der Waals surface area contributed by atoms with E-state index in [1.54, 1.807) is 0 Å². The third-order valence-electron chi connectivity index (χ3n) is 17.7. The number of fused-ring (bicyclic) bond motifs is 2. The van der Waals surface area contributed by atoms with Crippen molar-refractivity contribution < 1.29 is 69.6 Å². The van der Waals surface area contributed by atoms with E-state index in [1.807, 2.05) is 13.8 Å². The molecule has 0 radical (unpaired) electrons. The molecule has 3 heterocycles. The summed E-state index contributed by atoms with van der Waals surface area (Å²) in [6.45, 7) is 14.1. The summed E-state index contributed by atoms with van der Waals surface area (Å²) in [5.74, 6) is -0.0233. The number of aliphatic hydroxyl groups excluding tert-OH is 9. The van der Waals surface area contributed by atoms with Crippen molar-refractivity contribution in [1.29, 1.82) is 0 Å². The van der Waals surface area contributed by atoms with Crippen molar-refractivity contribution in [2.75, 3.05) is 13.2 Å². The average molecular weight is 785 g/mol. The molecule has 8 aliphatic rings. The molecule has 21 atom stereocenters. The zero-order valence-electron chi connectivity index (χ0n) is 33.6. The summed E-state index contributed by atoms with van der Waals surface area (Å²) in [5, 5.41) is 96.5. The average Bonchev–Trinajstić information content (AvgIpc) is 3.47. The SMILES string of the molecule is CC(C)(O[C@@H]1O[C@H](CO)[C@@H](O)[C@H](O)[C@H]1O)[C@@H]1CC[C@](C)([C@H]2[C@H](O)C[C@@]3(C)[C@@H]4C[C@@H](O)[C@H]5C(C)(C)[C@H](O[C@@H]6OC[C@@H](O)[C@H](O)[C@H]6O)CC[C@@]56CC46CC[C@]23C)O1. The predicted octanol–water partition coefficient (Wildman–Crippen LogP) is 0.724. The zero-order valence-corrected chi connectivity index (χ0v) is 33.6. The van der Waals surface area contributed by atoms with Crippen molar-refractivity contribution in [3.05, 3.63) is 0 Å². The van der Waals surface area contributed by atoms with Crippen LogP contribution in [0.1, 0.15) is 106 Å². The van der Waals surface area contributed by atoms with E-state index in [-0.39, 0.29) is 52.1 Å². The van der Waals surface area contributed by atoms with E-state index in [0.29, 0.717) is 25.7 Å². The molecular weight excluding hydrogens is 716 g/mol. The molecule has 55 heavy (non-hydrogen) atoms. The summed E-state index contributed by atoms with van der Waals surface area (Å²) in [7, 11) is 0. The number of ether oxygens (including phenoxy) is 5. The first-order chi connectivity index (χ1) is 25.5. The fourth-order valence-electron chi connectivity index (χ4n) is 15.0. The Balaban J connectivity index is 0.998. The summed E-state index contributed by atoms with van der Waals surface area (Å²) in [4.78, 5) is 0. The van der Waals surface area contributed by atoms with Crippen molar-refractivity contribution in [2.45, 2.75) is 197 Å². The molecule has 2 spiro atoms. The van der Waals surface area contributed by atoms with Gasteiger partial charge in [0.25, 0.3) is 0 Å². The maximum atomic E-state index is 12.3. The minimum atomic E-state index is -1.55. The molecule has 8 fully saturated rings. The van der Waals surface area contributed by atoms with Crippen LogP contribution >= 0.6 is 0 Å². The highest BCUT2D eigenvalue weighted by atomic mass is 16.7. The minimum Gasteiger partial charge on any atom is -0.394 e. The van der Waals surface area contributed by atoms with Gasteiger partial charge in [-0.15, -0.1) is 0 Å². The van der Waals surface area contributed by atoms with Crippen LogP contribution in [0.15, 0.2) is 0 Å². The topological polar surface area (TPSA) is 228 Å². The monoisotopic (exact) mass is 784 g/mol. The predicted molar refractivity (Wildman–Crippen MR) is 194 cm³/mol. The van der Waals surface area contributed by atoms with Gasteiger partial charge in [0, 0.05) is 5.92 Å². The van der Waals surface area contributed by atoms with E-state index >= 15 is 0 Å². The lowest BCUT2D eigenvalue weighted by atomic mass is 9.41. The molecule has 0 aromatic heterocycles. The van der Waals surface area contributed by atoms with E-state index in [9.17, 15) is 46.0 Å². The summed E-state index contributed by atoms with van der Waals surface area (Å²) < 4.78 is 31.0. The second-order valence-corrected chi connectivity index (χ2v) is 21.0. The molecule has 0 amide bonds. The van der Waals surface area contributed by atoms with Gasteiger partial charge in [-0.3, -0.25) is 0 Å². The molecule has 9 N–H and O–H groups in total. The van der Waals surface area contributed by atoms with Gasteiger partial charge in [0.05, 0.1) is 48.8 Å². The van der Waals surface area contributed by atoms with E-state index in [4.69, 9.17) is 23.7 Å². The highest BCUT2D eigenvalue weighted by Crippen LogP contribution is 2.89. The quantitative estimate of drug-likeness (QED) is 0.162. The summed E-state index contributed by atoms with van der Waals surface area (Å²) in [5.41, 5.74) is -2.74. The fourth-order valence-corrected chi connectivity index (χ4v) is 15.0. The molecule has 5 saturated carbocycles. The molecule has 316 valence electrons. The third-order valence-corrected chi connectivity index (χ3v) is 17.7. The lowest BCUT2D eigenvalue weighted by molar-refractivity contribution is -0.334. The van der Waals surface area contributed by atoms with Crippen molar-refractivity contribution in [2.24, 2.45) is 44.8 Å². The van der Waals surface area contributed by atoms with Crippen LogP contribution in [0.25, 0.3) is 0 Å². The molecule has 0 aromatic carbocycles. The molecule has 14 nitrogen and oxygen atoms in total. The van der Waals surface area contributed by atoms with Gasteiger partial charge in [0.2, 0.25) is 0 Å². The number of hydrogen-bond acceptors (Lipinski definition) is 14. The van der Waals surface area contributed by atoms with Gasteiger partial charge in [-0.05, 0) is 117 Å². The zero-order chi connectivity index (χ0) is 40.1. The minimum absolute atomic E-state index is 0.0321. The second-order valence-electron chi connectivity index (χ2n) is 21.0. The van der Waals surface area contributed by atoms with Gasteiger partial charge in [-0.1, -0.05) is 27.7 Å². The van der Waals surface area contributed by atoms with Crippen molar-refractivity contribution >= 4 is 0 Å². The molecule has 8 rings (SSSR count). The summed E-state index contributed by atoms with van der Waals surface area (Å²) >= 11 is 0. The summed E-state index contributed by atoms with van der Waals surface area (Å²) in [6.07, 6.45) is -6.76. The first kappa shape index (κ1) is 41.2. The molecule has 3 aliphatic heterocycles. The molecule has 0 aromatic rings. The second kappa shape index (κ2) is 13.2. The van der Waals surface area contributed by atoms with Crippen LogP contribution in [-0.2, 0) is 23.7 Å². The van der Waals surface area contributed by atoms with Gasteiger partial charge in [0.15, 0.2) is 12.6 Å². The Morgan fingerprint density at radius 3 is 2.07 bits per heavy atom. The highest BCUT2D eigenvalue weighted by Gasteiger charge is 2.85. The largest absolute Gasteiger partial charge is 0.394 e. The van der Waals surface area contributed by atoms with Gasteiger partial charge >= 0.3 is 0 Å². The van der Waals surface area contributed by atoms with E-state index in [1.165, 1.54) is 0 Å². The van der Waals surface area contributed by atoms with Gasteiger partial charge in [0.1, 0.15) is 42.7 Å². The first-order valence-electron chi connectivity index (χ1n) is 20.9. The lowest BCUT2D eigenvalue weighted by Crippen LogP contribution is -2.63. The van der Waals surface area contributed by atoms with Gasteiger partial charge < -0.3 is 69.6 Å². The number of hydrogen-bond donors (Lipinski definition) is 9. The van der Waals surface area contributed by atoms with Crippen LogP contribution in [-0.4, -0.2) is 150 Å². The maximum absolute atomic E-state index is 12.3. The normalized spacial score (nSPS) is 58.7. The Labute approximate surface area is 324 Å². The van der Waals surface area contributed by atoms with E-state index in [2.05, 4.69) is 34.6 Å². The van der Waals surface area contributed by atoms with Crippen LogP contribution in [0.4, 0.5) is 0 Å². The Hall–Kier alpha value is -0.560. The number of rotatable bonds is 7. The first-order valence-corrected chi connectivity index (χ1v) is 20.9. The highest BCUT2D eigenvalue weighted by molar-refractivity contribution is 5.33. The van der Waals surface area contributed by atoms with Crippen molar-refractivity contribution in [3.8, 4) is 0 Å². The van der Waals surface area contributed by atoms with Crippen LogP contribution in [0.5, 0.6) is 0 Å². The molecule has 5 aliphatic carbocycles. The Bertz CT molecular complexity index is 1460. The maximum Gasteiger partial charge on any atom is 0.187 e. The molecule has 1 unspecified atom stereocenters. The van der Waals surface area contributed by atoms with E-state index < -0.39 is 96.8 Å². The molecular formula is C41H68O14. The van der Waals surface area contributed by atoms with Crippen molar-refractivity contribution in [3.63, 3.8) is 0 Å². The van der Waals surface area contributed by atoms with Crippen LogP contribution < -0.4 is 0 Å². The van der Waals surface area contributed by atoms with Crippen LogP contribution in [0.3, 0.4) is 0 Å². The Kier molecular flexibility index (Phi) is 9.90. The summed E-state index contributed by atoms with van der Waals surface area (Å²) in [6, 6.07) is 0. The molecule has 0 bridgehead atoms. The fraction of sp³-hybridized carbons (Fsp3) is 1.00. The van der Waals surface area contributed by atoms with Gasteiger partial charge in [-0.2, -0.15) is 0 Å². The van der Waals surface area contributed by atoms with Crippen molar-refractivity contribution in [1.82, 2.24) is 0 Å². The number of aliphatic hydroxyl groups is 9. The van der Waals surface area contributed by atoms with Crippen LogP contribution in [0, 0.1) is 44.8 Å². The van der Waals surface area contributed by atoms with Gasteiger partial charge in [-0.25, -0.2) is 0 Å². The lowest BCUT2D eigenvalue weighted by Gasteiger charge is -2.64. The standard InChI is InChI=1S/C41H68O14/c1-35(2)24(53-33-29(49)26(46)21(45)17-51-33)9-11-41-18-40(41)13-12-37(5)32(20(44)15-38(37,6)23(40)14-19(43)31(35)41)39(7)10-8-25(54-39)36(3,4)55-34-30(50)28(48)27(47)22(16-42)52-34/h19-34,42-50H,8-18H2,1-7H3/t19-,20-,21-,22-,23+,24-,25+,26+,27-,28+,29-,30-,31+,32+,33+,34+,37-,38+,39-,40?,41-/m1/s1. The Morgan fingerprint density at radius 1 is 0.691 bits per heavy atom.